The van der Waals surface area contributed by atoms with Gasteiger partial charge in [-0.1, -0.05) is 43.6 Å². The normalized spacial score (nSPS) is 12.4. The van der Waals surface area contributed by atoms with Crippen molar-refractivity contribution in [2.45, 2.75) is 53.0 Å². The second-order valence-electron chi connectivity index (χ2n) is 9.66. The van der Waals surface area contributed by atoms with Crippen molar-refractivity contribution >= 4 is 50.9 Å². The van der Waals surface area contributed by atoms with E-state index in [1.54, 1.807) is 0 Å². The molecule has 0 aliphatic rings. The van der Waals surface area contributed by atoms with Crippen molar-refractivity contribution in [3.8, 4) is 0 Å². The van der Waals surface area contributed by atoms with Gasteiger partial charge in [0.15, 0.2) is 5.82 Å². The molecule has 0 spiro atoms. The highest BCUT2D eigenvalue weighted by Gasteiger charge is 2.19. The molecule has 0 fully saturated rings. The van der Waals surface area contributed by atoms with Crippen molar-refractivity contribution < 1.29 is 9.90 Å². The summed E-state index contributed by atoms with van der Waals surface area (Å²) in [5.41, 5.74) is 12.8. The van der Waals surface area contributed by atoms with Crippen LogP contribution in [0, 0.1) is 19.8 Å². The van der Waals surface area contributed by atoms with E-state index < -0.39 is 12.0 Å². The van der Waals surface area contributed by atoms with Crippen LogP contribution in [0.25, 0.3) is 21.8 Å². The van der Waals surface area contributed by atoms with Crippen LogP contribution in [0.5, 0.6) is 0 Å². The second kappa shape index (κ2) is 10.1. The number of hydrogen-bond donors (Lipinski definition) is 3. The Hall–Kier alpha value is -3.38. The molecular weight excluding hydrogens is 460 g/mol. The Morgan fingerprint density at radius 2 is 1.77 bits per heavy atom. The van der Waals surface area contributed by atoms with Gasteiger partial charge in [-0.2, -0.15) is 0 Å². The highest BCUT2D eigenvalue weighted by atomic mass is 35.5. The Balaban J connectivity index is 1.57. The standard InChI is InChI=1S/C28H31ClN4O2/c1-15(2)11-24(28(34)35)31-20-9-8-18(17(4)13-20)6-7-19-14-22-21-10-5-16(3)12-23(21)32-27(30)25(22)33-26(19)29/h5,8-10,12-15,24,31H,6-7,11H2,1-4H3,(H2,30,32)(H,34,35)/t24-/m0/s1. The van der Waals surface area contributed by atoms with E-state index in [2.05, 4.69) is 39.6 Å². The van der Waals surface area contributed by atoms with Gasteiger partial charge >= 0.3 is 5.97 Å². The molecule has 0 aliphatic carbocycles. The van der Waals surface area contributed by atoms with Crippen molar-refractivity contribution in [1.29, 1.82) is 0 Å². The smallest absolute Gasteiger partial charge is 0.326 e. The number of benzene rings is 2. The molecule has 6 nitrogen and oxygen atoms in total. The number of nitrogens with one attached hydrogen (secondary N) is 1. The Morgan fingerprint density at radius 1 is 1.03 bits per heavy atom. The van der Waals surface area contributed by atoms with Crippen molar-refractivity contribution in [3.63, 3.8) is 0 Å². The van der Waals surface area contributed by atoms with Crippen molar-refractivity contribution in [2.24, 2.45) is 5.92 Å². The maximum atomic E-state index is 11.6. The topological polar surface area (TPSA) is 101 Å². The third-order valence-electron chi connectivity index (χ3n) is 6.33. The number of aliphatic carboxylic acids is 1. The SMILES string of the molecule is Cc1ccc2c(c1)nc(N)c1nc(Cl)c(CCc3ccc(N[C@@H](CC(C)C)C(=O)O)cc3C)cc12. The molecule has 4 aromatic rings. The van der Waals surface area contributed by atoms with Crippen molar-refractivity contribution in [1.82, 2.24) is 9.97 Å². The summed E-state index contributed by atoms with van der Waals surface area (Å²) in [6.07, 6.45) is 2.07. The molecule has 35 heavy (non-hydrogen) atoms. The van der Waals surface area contributed by atoms with Gasteiger partial charge in [0.05, 0.1) is 5.52 Å². The zero-order valence-corrected chi connectivity index (χ0v) is 21.3. The number of aromatic nitrogens is 2. The first kappa shape index (κ1) is 24.7. The minimum absolute atomic E-state index is 0.288. The number of halogens is 1. The summed E-state index contributed by atoms with van der Waals surface area (Å²) >= 11 is 6.55. The lowest BCUT2D eigenvalue weighted by atomic mass is 9.98. The number of rotatable bonds is 8. The molecule has 182 valence electrons. The van der Waals surface area contributed by atoms with E-state index in [4.69, 9.17) is 17.3 Å². The Morgan fingerprint density at radius 3 is 2.46 bits per heavy atom. The molecule has 0 unspecified atom stereocenters. The zero-order chi connectivity index (χ0) is 25.3. The predicted octanol–water partition coefficient (Wildman–Crippen LogP) is 6.33. The number of fused-ring (bicyclic) bond motifs is 3. The zero-order valence-electron chi connectivity index (χ0n) is 20.5. The summed E-state index contributed by atoms with van der Waals surface area (Å²) in [5.74, 6) is -0.170. The van der Waals surface area contributed by atoms with Gasteiger partial charge in [0, 0.05) is 16.5 Å². The molecule has 0 bridgehead atoms. The number of nitrogen functional groups attached to an aromatic ring is 1. The van der Waals surface area contributed by atoms with Gasteiger partial charge in [-0.15, -0.1) is 0 Å². The lowest BCUT2D eigenvalue weighted by molar-refractivity contribution is -0.138. The molecular formula is C28H31ClN4O2. The number of aryl methyl sites for hydroxylation is 4. The van der Waals surface area contributed by atoms with E-state index in [0.717, 1.165) is 51.5 Å². The second-order valence-corrected chi connectivity index (χ2v) is 10.0. The molecule has 0 amide bonds. The lowest BCUT2D eigenvalue weighted by Crippen LogP contribution is -2.30. The molecule has 0 aliphatic heterocycles. The van der Waals surface area contributed by atoms with Gasteiger partial charge in [-0.3, -0.25) is 0 Å². The van der Waals surface area contributed by atoms with Gasteiger partial charge in [0.2, 0.25) is 0 Å². The quantitative estimate of drug-likeness (QED) is 0.197. The maximum Gasteiger partial charge on any atom is 0.326 e. The molecule has 0 saturated heterocycles. The van der Waals surface area contributed by atoms with Crippen LogP contribution in [-0.4, -0.2) is 27.1 Å². The fourth-order valence-electron chi connectivity index (χ4n) is 4.48. The summed E-state index contributed by atoms with van der Waals surface area (Å²) in [5, 5.41) is 15.1. The fourth-order valence-corrected chi connectivity index (χ4v) is 4.72. The van der Waals surface area contributed by atoms with Crippen LogP contribution in [0.2, 0.25) is 5.15 Å². The minimum Gasteiger partial charge on any atom is -0.480 e. The third-order valence-corrected chi connectivity index (χ3v) is 6.66. The highest BCUT2D eigenvalue weighted by Crippen LogP contribution is 2.31. The summed E-state index contributed by atoms with van der Waals surface area (Å²) < 4.78 is 0. The maximum absolute atomic E-state index is 11.6. The average Bonchev–Trinajstić information content (AvgIpc) is 2.78. The van der Waals surface area contributed by atoms with Crippen LogP contribution in [0.3, 0.4) is 0 Å². The fraction of sp³-hybridized carbons (Fsp3) is 0.321. The monoisotopic (exact) mass is 490 g/mol. The third kappa shape index (κ3) is 5.49. The van der Waals surface area contributed by atoms with E-state index in [9.17, 15) is 9.90 Å². The van der Waals surface area contributed by atoms with Crippen LogP contribution < -0.4 is 11.1 Å². The summed E-state index contributed by atoms with van der Waals surface area (Å²) in [7, 11) is 0. The van der Waals surface area contributed by atoms with Crippen molar-refractivity contribution in [2.75, 3.05) is 11.1 Å². The van der Waals surface area contributed by atoms with E-state index in [-0.39, 0.29) is 5.92 Å². The molecule has 0 saturated carbocycles. The number of anilines is 2. The number of carbonyl (C=O) groups is 1. The molecule has 4 N–H and O–H groups in total. The minimum atomic E-state index is -0.836. The van der Waals surface area contributed by atoms with Gasteiger partial charge in [-0.05, 0) is 85.5 Å². The van der Waals surface area contributed by atoms with Gasteiger partial charge in [0.25, 0.3) is 0 Å². The van der Waals surface area contributed by atoms with Crippen LogP contribution in [-0.2, 0) is 17.6 Å². The average molecular weight is 491 g/mol. The van der Waals surface area contributed by atoms with Gasteiger partial charge < -0.3 is 16.2 Å². The molecule has 2 heterocycles. The van der Waals surface area contributed by atoms with Gasteiger partial charge in [0.1, 0.15) is 16.7 Å². The molecule has 2 aromatic carbocycles. The Kier molecular flexibility index (Phi) is 7.13. The Labute approximate surface area is 210 Å². The lowest BCUT2D eigenvalue weighted by Gasteiger charge is -2.18. The molecule has 0 radical (unpaired) electrons. The number of nitrogens with two attached hydrogens (primary N) is 1. The number of nitrogens with zero attached hydrogens (tertiary/aromatic N) is 2. The first-order valence-electron chi connectivity index (χ1n) is 11.9. The molecule has 7 heteroatoms. The summed E-state index contributed by atoms with van der Waals surface area (Å²) in [4.78, 5) is 20.7. The first-order chi connectivity index (χ1) is 16.6. The summed E-state index contributed by atoms with van der Waals surface area (Å²) in [6, 6.07) is 13.6. The Bertz CT molecular complexity index is 1420. The van der Waals surface area contributed by atoms with E-state index >= 15 is 0 Å². The van der Waals surface area contributed by atoms with Gasteiger partial charge in [-0.25, -0.2) is 14.8 Å². The number of pyridine rings is 2. The van der Waals surface area contributed by atoms with E-state index in [0.29, 0.717) is 22.9 Å². The number of carboxylic acid groups (broad SMARTS) is 1. The largest absolute Gasteiger partial charge is 0.480 e. The number of carboxylic acids is 1. The number of hydrogen-bond acceptors (Lipinski definition) is 5. The molecule has 2 aromatic heterocycles. The first-order valence-corrected chi connectivity index (χ1v) is 12.2. The highest BCUT2D eigenvalue weighted by molar-refractivity contribution is 6.31. The van der Waals surface area contributed by atoms with E-state index in [1.807, 2.05) is 45.9 Å². The van der Waals surface area contributed by atoms with E-state index in [1.165, 1.54) is 5.56 Å². The van der Waals surface area contributed by atoms with Crippen LogP contribution in [0.4, 0.5) is 11.5 Å². The van der Waals surface area contributed by atoms with Crippen LogP contribution in [0.15, 0.2) is 42.5 Å². The molecule has 4 rings (SSSR count). The molecule has 1 atom stereocenters. The predicted molar refractivity (Wildman–Crippen MR) is 144 cm³/mol. The summed E-state index contributed by atoms with van der Waals surface area (Å²) in [6.45, 7) is 8.12. The van der Waals surface area contributed by atoms with Crippen LogP contribution in [0.1, 0.15) is 42.5 Å². The van der Waals surface area contributed by atoms with Crippen LogP contribution >= 0.6 is 11.6 Å². The van der Waals surface area contributed by atoms with Crippen molar-refractivity contribution in [3.05, 3.63) is 69.9 Å².